The second kappa shape index (κ2) is 5.80. The van der Waals surface area contributed by atoms with E-state index in [-0.39, 0.29) is 5.91 Å². The van der Waals surface area contributed by atoms with Crippen molar-refractivity contribution in [3.63, 3.8) is 0 Å². The van der Waals surface area contributed by atoms with E-state index in [1.165, 1.54) is 29.7 Å². The van der Waals surface area contributed by atoms with Gasteiger partial charge < -0.3 is 5.32 Å². The van der Waals surface area contributed by atoms with Gasteiger partial charge in [0.2, 0.25) is 0 Å². The quantitative estimate of drug-likeness (QED) is 0.804. The Balaban J connectivity index is 1.79. The second-order valence-electron chi connectivity index (χ2n) is 5.39. The van der Waals surface area contributed by atoms with Crippen LogP contribution in [-0.2, 0) is 12.8 Å². The van der Waals surface area contributed by atoms with E-state index < -0.39 is 0 Å². The van der Waals surface area contributed by atoms with Gasteiger partial charge in [0.05, 0.1) is 4.88 Å². The summed E-state index contributed by atoms with van der Waals surface area (Å²) in [5.74, 6) is 0.0253. The molecular formula is C17H19NOS. The third kappa shape index (κ3) is 2.78. The van der Waals surface area contributed by atoms with Crippen LogP contribution in [0.5, 0.6) is 0 Å². The number of para-hydroxylation sites is 1. The minimum Gasteiger partial charge on any atom is -0.321 e. The van der Waals surface area contributed by atoms with Crippen LogP contribution in [0.15, 0.2) is 30.3 Å². The highest BCUT2D eigenvalue weighted by atomic mass is 32.1. The average molecular weight is 285 g/mol. The van der Waals surface area contributed by atoms with Crippen LogP contribution in [0, 0.1) is 6.92 Å². The number of hydrogen-bond acceptors (Lipinski definition) is 2. The van der Waals surface area contributed by atoms with E-state index in [0.717, 1.165) is 29.0 Å². The van der Waals surface area contributed by atoms with Gasteiger partial charge in [0.15, 0.2) is 0 Å². The van der Waals surface area contributed by atoms with Gasteiger partial charge in [-0.15, -0.1) is 11.3 Å². The molecule has 0 saturated heterocycles. The first-order chi connectivity index (χ1) is 9.74. The number of fused-ring (bicyclic) bond motifs is 1. The number of anilines is 1. The van der Waals surface area contributed by atoms with Crippen LogP contribution in [0.2, 0.25) is 0 Å². The Morgan fingerprint density at radius 2 is 1.95 bits per heavy atom. The molecule has 0 bridgehead atoms. The Morgan fingerprint density at radius 1 is 1.15 bits per heavy atom. The molecule has 1 heterocycles. The smallest absolute Gasteiger partial charge is 0.265 e. The van der Waals surface area contributed by atoms with Crippen molar-refractivity contribution in [3.8, 4) is 0 Å². The zero-order chi connectivity index (χ0) is 13.9. The summed E-state index contributed by atoms with van der Waals surface area (Å²) in [6.07, 6.45) is 6.09. The first-order valence-electron chi connectivity index (χ1n) is 7.22. The molecule has 1 aromatic carbocycles. The van der Waals surface area contributed by atoms with E-state index in [0.29, 0.717) is 0 Å². The molecule has 104 valence electrons. The van der Waals surface area contributed by atoms with Gasteiger partial charge in [0.1, 0.15) is 0 Å². The summed E-state index contributed by atoms with van der Waals surface area (Å²) < 4.78 is 0. The predicted octanol–water partition coefficient (Wildman–Crippen LogP) is 4.58. The minimum absolute atomic E-state index is 0.0253. The molecule has 0 atom stereocenters. The van der Waals surface area contributed by atoms with Gasteiger partial charge >= 0.3 is 0 Å². The van der Waals surface area contributed by atoms with E-state index >= 15 is 0 Å². The van der Waals surface area contributed by atoms with Gasteiger partial charge in [0, 0.05) is 10.6 Å². The fourth-order valence-corrected chi connectivity index (χ4v) is 3.83. The molecule has 1 aliphatic carbocycles. The van der Waals surface area contributed by atoms with E-state index in [4.69, 9.17) is 0 Å². The highest BCUT2D eigenvalue weighted by Crippen LogP contribution is 2.29. The summed E-state index contributed by atoms with van der Waals surface area (Å²) in [4.78, 5) is 14.6. The Morgan fingerprint density at radius 3 is 2.80 bits per heavy atom. The molecule has 1 N–H and O–H groups in total. The Hall–Kier alpha value is -1.61. The molecule has 1 aromatic heterocycles. The number of aryl methyl sites for hydroxylation is 3. The molecule has 0 radical (unpaired) electrons. The Labute approximate surface area is 123 Å². The lowest BCUT2D eigenvalue weighted by atomic mass is 10.1. The lowest BCUT2D eigenvalue weighted by Crippen LogP contribution is -2.11. The number of thiophene rings is 1. The van der Waals surface area contributed by atoms with Crippen LogP contribution < -0.4 is 5.32 Å². The molecule has 0 fully saturated rings. The Kier molecular flexibility index (Phi) is 3.88. The third-order valence-corrected chi connectivity index (χ3v) is 5.10. The SMILES string of the molecule is Cc1ccccc1NC(=O)c1cc2c(s1)CCCCC2. The maximum Gasteiger partial charge on any atom is 0.265 e. The summed E-state index contributed by atoms with van der Waals surface area (Å²) in [5.41, 5.74) is 3.39. The summed E-state index contributed by atoms with van der Waals surface area (Å²) in [7, 11) is 0. The molecule has 3 heteroatoms. The monoisotopic (exact) mass is 285 g/mol. The molecule has 1 aliphatic rings. The van der Waals surface area contributed by atoms with Crippen LogP contribution in [0.3, 0.4) is 0 Å². The molecule has 2 aromatic rings. The van der Waals surface area contributed by atoms with Crippen LogP contribution in [0.25, 0.3) is 0 Å². The van der Waals surface area contributed by atoms with E-state index in [2.05, 4.69) is 11.4 Å². The van der Waals surface area contributed by atoms with Crippen molar-refractivity contribution in [2.24, 2.45) is 0 Å². The maximum absolute atomic E-state index is 12.4. The van der Waals surface area contributed by atoms with Crippen molar-refractivity contribution in [1.29, 1.82) is 0 Å². The van der Waals surface area contributed by atoms with Crippen molar-refractivity contribution in [3.05, 3.63) is 51.2 Å². The molecule has 1 amide bonds. The van der Waals surface area contributed by atoms with E-state index in [1.807, 2.05) is 31.2 Å². The molecule has 3 rings (SSSR count). The Bertz CT molecular complexity index is 606. The highest BCUT2D eigenvalue weighted by Gasteiger charge is 2.16. The maximum atomic E-state index is 12.4. The van der Waals surface area contributed by atoms with Gasteiger partial charge in [-0.25, -0.2) is 0 Å². The van der Waals surface area contributed by atoms with Crippen LogP contribution in [-0.4, -0.2) is 5.91 Å². The van der Waals surface area contributed by atoms with Gasteiger partial charge in [-0.2, -0.15) is 0 Å². The normalized spacial score (nSPS) is 14.4. The van der Waals surface area contributed by atoms with Crippen LogP contribution in [0.1, 0.15) is 44.9 Å². The number of carbonyl (C=O) groups excluding carboxylic acids is 1. The first kappa shape index (κ1) is 13.4. The molecule has 0 aliphatic heterocycles. The lowest BCUT2D eigenvalue weighted by molar-refractivity contribution is 0.103. The van der Waals surface area contributed by atoms with Crippen molar-refractivity contribution < 1.29 is 4.79 Å². The summed E-state index contributed by atoms with van der Waals surface area (Å²) in [5, 5.41) is 3.02. The molecule has 0 spiro atoms. The second-order valence-corrected chi connectivity index (χ2v) is 6.53. The predicted molar refractivity (Wildman–Crippen MR) is 84.7 cm³/mol. The zero-order valence-electron chi connectivity index (χ0n) is 11.7. The van der Waals surface area contributed by atoms with Crippen molar-refractivity contribution >= 4 is 22.9 Å². The largest absolute Gasteiger partial charge is 0.321 e. The standard InChI is InChI=1S/C17H19NOS/c1-12-7-5-6-9-14(12)18-17(19)16-11-13-8-3-2-4-10-15(13)20-16/h5-7,9,11H,2-4,8,10H2,1H3,(H,18,19). The third-order valence-electron chi connectivity index (χ3n) is 3.86. The van der Waals surface area contributed by atoms with Gasteiger partial charge in [-0.05, 0) is 55.9 Å². The van der Waals surface area contributed by atoms with Crippen molar-refractivity contribution in [1.82, 2.24) is 0 Å². The molecule has 0 saturated carbocycles. The number of hydrogen-bond donors (Lipinski definition) is 1. The first-order valence-corrected chi connectivity index (χ1v) is 8.04. The van der Waals surface area contributed by atoms with Crippen LogP contribution in [0.4, 0.5) is 5.69 Å². The zero-order valence-corrected chi connectivity index (χ0v) is 12.6. The molecule has 0 unspecified atom stereocenters. The lowest BCUT2D eigenvalue weighted by Gasteiger charge is -2.06. The van der Waals surface area contributed by atoms with E-state index in [1.54, 1.807) is 11.3 Å². The van der Waals surface area contributed by atoms with Crippen molar-refractivity contribution in [2.45, 2.75) is 39.0 Å². The number of carbonyl (C=O) groups is 1. The van der Waals surface area contributed by atoms with Crippen molar-refractivity contribution in [2.75, 3.05) is 5.32 Å². The molecule has 20 heavy (non-hydrogen) atoms. The fraction of sp³-hybridized carbons (Fsp3) is 0.353. The highest BCUT2D eigenvalue weighted by molar-refractivity contribution is 7.14. The number of benzene rings is 1. The molecular weight excluding hydrogens is 266 g/mol. The summed E-state index contributed by atoms with van der Waals surface area (Å²) in [6.45, 7) is 2.01. The van der Waals surface area contributed by atoms with E-state index in [9.17, 15) is 4.79 Å². The average Bonchev–Trinajstić information content (AvgIpc) is 2.73. The van der Waals surface area contributed by atoms with Crippen LogP contribution >= 0.6 is 11.3 Å². The van der Waals surface area contributed by atoms with Gasteiger partial charge in [-0.3, -0.25) is 4.79 Å². The van der Waals surface area contributed by atoms with Gasteiger partial charge in [-0.1, -0.05) is 24.6 Å². The fourth-order valence-electron chi connectivity index (χ4n) is 2.68. The number of amides is 1. The topological polar surface area (TPSA) is 29.1 Å². The van der Waals surface area contributed by atoms with Gasteiger partial charge in [0.25, 0.3) is 5.91 Å². The minimum atomic E-state index is 0.0253. The molecule has 2 nitrogen and oxygen atoms in total. The summed E-state index contributed by atoms with van der Waals surface area (Å²) in [6, 6.07) is 9.99. The summed E-state index contributed by atoms with van der Waals surface area (Å²) >= 11 is 1.67. The number of nitrogens with one attached hydrogen (secondary N) is 1. The number of rotatable bonds is 2.